The average molecular weight is 254 g/mol. The van der Waals surface area contributed by atoms with Crippen LogP contribution in [0.2, 0.25) is 5.02 Å². The highest BCUT2D eigenvalue weighted by molar-refractivity contribution is 6.33. The van der Waals surface area contributed by atoms with E-state index in [4.69, 9.17) is 11.6 Å². The summed E-state index contributed by atoms with van der Waals surface area (Å²) >= 11 is 6.08. The number of hydrogen-bond donors (Lipinski definition) is 1. The van der Waals surface area contributed by atoms with E-state index in [1.807, 2.05) is 6.07 Å². The fourth-order valence-electron chi connectivity index (χ4n) is 2.16. The Bertz CT molecular complexity index is 373. The molecule has 0 bridgehead atoms. The lowest BCUT2D eigenvalue weighted by Gasteiger charge is -2.38. The van der Waals surface area contributed by atoms with Gasteiger partial charge in [-0.15, -0.1) is 0 Å². The average Bonchev–Trinajstić information content (AvgIpc) is 2.33. The highest BCUT2D eigenvalue weighted by atomic mass is 35.5. The fourth-order valence-corrected chi connectivity index (χ4v) is 2.35. The first-order chi connectivity index (χ1) is 8.09. The molecule has 94 valence electrons. The van der Waals surface area contributed by atoms with Crippen LogP contribution >= 0.6 is 11.6 Å². The number of aromatic nitrogens is 1. The van der Waals surface area contributed by atoms with Crippen LogP contribution in [-0.2, 0) is 0 Å². The monoisotopic (exact) mass is 253 g/mol. The van der Waals surface area contributed by atoms with Gasteiger partial charge < -0.3 is 10.2 Å². The topological polar surface area (TPSA) is 28.2 Å². The molecule has 0 atom stereocenters. The number of piperidine rings is 1. The van der Waals surface area contributed by atoms with Crippen molar-refractivity contribution in [3.8, 4) is 0 Å². The molecule has 1 aromatic rings. The van der Waals surface area contributed by atoms with Crippen LogP contribution < -0.4 is 5.32 Å². The first-order valence-electron chi connectivity index (χ1n) is 6.11. The van der Waals surface area contributed by atoms with Crippen molar-refractivity contribution >= 4 is 17.3 Å². The third-order valence-electron chi connectivity index (χ3n) is 3.67. The van der Waals surface area contributed by atoms with Gasteiger partial charge in [-0.1, -0.05) is 18.5 Å². The maximum Gasteiger partial charge on any atom is 0.0820 e. The molecule has 0 spiro atoms. The molecule has 0 radical (unpaired) electrons. The van der Waals surface area contributed by atoms with Crippen LogP contribution in [0.15, 0.2) is 18.5 Å². The highest BCUT2D eigenvalue weighted by Crippen LogP contribution is 2.31. The van der Waals surface area contributed by atoms with Crippen molar-refractivity contribution < 1.29 is 0 Å². The summed E-state index contributed by atoms with van der Waals surface area (Å²) in [5, 5.41) is 4.15. The van der Waals surface area contributed by atoms with Crippen LogP contribution in [-0.4, -0.2) is 36.6 Å². The van der Waals surface area contributed by atoms with Gasteiger partial charge in [-0.25, -0.2) is 0 Å². The molecule has 1 aromatic heterocycles. The Balaban J connectivity index is 1.92. The lowest BCUT2D eigenvalue weighted by Crippen LogP contribution is -2.40. The van der Waals surface area contributed by atoms with Crippen molar-refractivity contribution in [3.05, 3.63) is 23.5 Å². The Labute approximate surface area is 108 Å². The van der Waals surface area contributed by atoms with Crippen LogP contribution in [0.4, 0.5) is 5.69 Å². The molecule has 17 heavy (non-hydrogen) atoms. The maximum atomic E-state index is 6.08. The zero-order valence-corrected chi connectivity index (χ0v) is 11.3. The number of rotatable bonds is 3. The van der Waals surface area contributed by atoms with Crippen molar-refractivity contribution in [2.24, 2.45) is 5.41 Å². The predicted molar refractivity (Wildman–Crippen MR) is 72.6 cm³/mol. The molecule has 1 fully saturated rings. The predicted octanol–water partition coefficient (Wildman–Crippen LogP) is 2.88. The van der Waals surface area contributed by atoms with Gasteiger partial charge in [0.05, 0.1) is 10.7 Å². The molecule has 1 N–H and O–H groups in total. The SMILES string of the molecule is CN1CCC(C)(CNc2ccncc2Cl)CC1. The zero-order chi connectivity index (χ0) is 12.3. The molecule has 0 unspecified atom stereocenters. The molecule has 1 saturated heterocycles. The summed E-state index contributed by atoms with van der Waals surface area (Å²) in [6.07, 6.45) is 5.92. The van der Waals surface area contributed by atoms with Gasteiger partial charge in [0.1, 0.15) is 0 Å². The van der Waals surface area contributed by atoms with Crippen LogP contribution in [0.1, 0.15) is 19.8 Å². The van der Waals surface area contributed by atoms with Gasteiger partial charge in [-0.05, 0) is 44.5 Å². The Kier molecular flexibility index (Phi) is 3.89. The molecule has 0 amide bonds. The standard InChI is InChI=1S/C13H20ClN3/c1-13(4-7-17(2)8-5-13)10-16-12-3-6-15-9-11(12)14/h3,6,9H,4-5,7-8,10H2,1-2H3,(H,15,16). The van der Waals surface area contributed by atoms with Gasteiger partial charge in [-0.2, -0.15) is 0 Å². The second-order valence-electron chi connectivity index (χ2n) is 5.32. The van der Waals surface area contributed by atoms with Crippen LogP contribution in [0.5, 0.6) is 0 Å². The van der Waals surface area contributed by atoms with Crippen molar-refractivity contribution in [2.75, 3.05) is 32.0 Å². The van der Waals surface area contributed by atoms with E-state index in [9.17, 15) is 0 Å². The number of likely N-dealkylation sites (tertiary alicyclic amines) is 1. The molecule has 0 saturated carbocycles. The minimum atomic E-state index is 0.374. The van der Waals surface area contributed by atoms with Crippen LogP contribution in [0, 0.1) is 5.41 Å². The number of nitrogens with zero attached hydrogens (tertiary/aromatic N) is 2. The van der Waals surface area contributed by atoms with Crippen LogP contribution in [0.25, 0.3) is 0 Å². The second kappa shape index (κ2) is 5.23. The Morgan fingerprint density at radius 2 is 2.18 bits per heavy atom. The summed E-state index contributed by atoms with van der Waals surface area (Å²) < 4.78 is 0. The quantitative estimate of drug-likeness (QED) is 0.898. The second-order valence-corrected chi connectivity index (χ2v) is 5.73. The minimum absolute atomic E-state index is 0.374. The fraction of sp³-hybridized carbons (Fsp3) is 0.615. The largest absolute Gasteiger partial charge is 0.383 e. The number of hydrogen-bond acceptors (Lipinski definition) is 3. The van der Waals surface area contributed by atoms with Crippen molar-refractivity contribution in [1.29, 1.82) is 0 Å². The molecule has 1 aliphatic rings. The summed E-state index contributed by atoms with van der Waals surface area (Å²) in [6.45, 7) is 5.69. The Morgan fingerprint density at radius 1 is 1.47 bits per heavy atom. The van der Waals surface area contributed by atoms with Crippen molar-refractivity contribution in [2.45, 2.75) is 19.8 Å². The van der Waals surface area contributed by atoms with Gasteiger partial charge in [0.2, 0.25) is 0 Å². The number of anilines is 1. The third kappa shape index (κ3) is 3.33. The Morgan fingerprint density at radius 3 is 2.82 bits per heavy atom. The van der Waals surface area contributed by atoms with Gasteiger partial charge in [-0.3, -0.25) is 4.98 Å². The summed E-state index contributed by atoms with van der Waals surface area (Å²) in [5.41, 5.74) is 1.36. The van der Waals surface area contributed by atoms with Gasteiger partial charge in [0.15, 0.2) is 0 Å². The molecule has 2 rings (SSSR count). The molecular weight excluding hydrogens is 234 g/mol. The van der Waals surface area contributed by atoms with Crippen molar-refractivity contribution in [3.63, 3.8) is 0 Å². The van der Waals surface area contributed by atoms with Gasteiger partial charge in [0.25, 0.3) is 0 Å². The van der Waals surface area contributed by atoms with Crippen LogP contribution in [0.3, 0.4) is 0 Å². The molecule has 2 heterocycles. The number of pyridine rings is 1. The highest BCUT2D eigenvalue weighted by Gasteiger charge is 2.28. The normalized spacial score (nSPS) is 20.2. The number of halogens is 1. The third-order valence-corrected chi connectivity index (χ3v) is 3.97. The first-order valence-corrected chi connectivity index (χ1v) is 6.49. The lowest BCUT2D eigenvalue weighted by atomic mass is 9.80. The van der Waals surface area contributed by atoms with Gasteiger partial charge >= 0.3 is 0 Å². The van der Waals surface area contributed by atoms with E-state index in [0.29, 0.717) is 10.4 Å². The Hall–Kier alpha value is -0.800. The molecule has 4 heteroatoms. The lowest BCUT2D eigenvalue weighted by molar-refractivity contribution is 0.150. The van der Waals surface area contributed by atoms with E-state index in [0.717, 1.165) is 12.2 Å². The van der Waals surface area contributed by atoms with E-state index in [2.05, 4.69) is 29.2 Å². The van der Waals surface area contributed by atoms with E-state index >= 15 is 0 Å². The zero-order valence-electron chi connectivity index (χ0n) is 10.5. The summed E-state index contributed by atoms with van der Waals surface area (Å²) in [4.78, 5) is 6.38. The summed E-state index contributed by atoms with van der Waals surface area (Å²) in [5.74, 6) is 0. The van der Waals surface area contributed by atoms with E-state index in [1.54, 1.807) is 12.4 Å². The molecule has 0 aromatic carbocycles. The number of nitrogens with one attached hydrogen (secondary N) is 1. The first kappa shape index (κ1) is 12.7. The maximum absolute atomic E-state index is 6.08. The molecule has 1 aliphatic heterocycles. The molecular formula is C13H20ClN3. The summed E-state index contributed by atoms with van der Waals surface area (Å²) in [6, 6.07) is 1.93. The van der Waals surface area contributed by atoms with E-state index in [-0.39, 0.29) is 0 Å². The van der Waals surface area contributed by atoms with E-state index in [1.165, 1.54) is 25.9 Å². The van der Waals surface area contributed by atoms with Crippen molar-refractivity contribution in [1.82, 2.24) is 9.88 Å². The van der Waals surface area contributed by atoms with E-state index < -0.39 is 0 Å². The molecule has 3 nitrogen and oxygen atoms in total. The minimum Gasteiger partial charge on any atom is -0.383 e. The van der Waals surface area contributed by atoms with Gasteiger partial charge in [0, 0.05) is 18.9 Å². The summed E-state index contributed by atoms with van der Waals surface area (Å²) in [7, 11) is 2.19. The molecule has 0 aliphatic carbocycles. The smallest absolute Gasteiger partial charge is 0.0820 e.